The van der Waals surface area contributed by atoms with Crippen LogP contribution < -0.4 is 10.9 Å². The van der Waals surface area contributed by atoms with Crippen molar-refractivity contribution in [2.24, 2.45) is 0 Å². The van der Waals surface area contributed by atoms with Gasteiger partial charge >= 0.3 is 0 Å². The summed E-state index contributed by atoms with van der Waals surface area (Å²) in [5.41, 5.74) is 0.427. The van der Waals surface area contributed by atoms with Gasteiger partial charge in [-0.05, 0) is 38.2 Å². The van der Waals surface area contributed by atoms with Gasteiger partial charge in [-0.1, -0.05) is 12.1 Å². The second-order valence-electron chi connectivity index (χ2n) is 4.59. The van der Waals surface area contributed by atoms with Crippen molar-refractivity contribution < 1.29 is 4.79 Å². The minimum Gasteiger partial charge on any atom is -0.352 e. The van der Waals surface area contributed by atoms with E-state index in [-0.39, 0.29) is 28.8 Å². The first kappa shape index (κ1) is 13.5. The monoisotopic (exact) mass is 277 g/mol. The fourth-order valence-electron chi connectivity index (χ4n) is 1.85. The van der Waals surface area contributed by atoms with Crippen LogP contribution in [-0.2, 0) is 11.3 Å². The van der Waals surface area contributed by atoms with Gasteiger partial charge < -0.3 is 10.3 Å². The molecule has 2 aromatic rings. The van der Waals surface area contributed by atoms with E-state index in [2.05, 4.69) is 10.3 Å². The van der Waals surface area contributed by atoms with Crippen LogP contribution in [0.2, 0.25) is 0 Å². The van der Waals surface area contributed by atoms with Crippen molar-refractivity contribution in [1.29, 1.82) is 0 Å². The zero-order chi connectivity index (χ0) is 14.0. The summed E-state index contributed by atoms with van der Waals surface area (Å²) in [6, 6.07) is 7.12. The number of hydrogen-bond acceptors (Lipinski definition) is 3. The standard InChI is InChI=1S/C13H15N3O2S/c1-8(2)14-11(17)7-16-12(18)9-5-3-4-6-10(9)15-13(16)19/h3-6,8H,7H2,1-2H3,(H,14,17)(H,15,19). The van der Waals surface area contributed by atoms with Crippen LogP contribution in [0, 0.1) is 4.77 Å². The van der Waals surface area contributed by atoms with E-state index in [4.69, 9.17) is 12.2 Å². The Kier molecular flexibility index (Phi) is 3.80. The molecule has 1 amide bonds. The topological polar surface area (TPSA) is 66.9 Å². The van der Waals surface area contributed by atoms with E-state index in [0.717, 1.165) is 0 Å². The van der Waals surface area contributed by atoms with Crippen LogP contribution in [0.5, 0.6) is 0 Å². The molecule has 6 heteroatoms. The van der Waals surface area contributed by atoms with E-state index >= 15 is 0 Å². The molecule has 0 bridgehead atoms. The summed E-state index contributed by atoms with van der Waals surface area (Å²) in [5, 5.41) is 3.26. The zero-order valence-corrected chi connectivity index (χ0v) is 11.6. The Labute approximate surface area is 115 Å². The Morgan fingerprint density at radius 1 is 1.42 bits per heavy atom. The molecule has 1 heterocycles. The summed E-state index contributed by atoms with van der Waals surface area (Å²) >= 11 is 5.13. The highest BCUT2D eigenvalue weighted by molar-refractivity contribution is 7.71. The van der Waals surface area contributed by atoms with E-state index in [1.807, 2.05) is 19.9 Å². The molecule has 2 rings (SSSR count). The Hall–Kier alpha value is -1.95. The molecule has 19 heavy (non-hydrogen) atoms. The third-order valence-corrected chi connectivity index (χ3v) is 2.96. The first-order valence-electron chi connectivity index (χ1n) is 6.00. The van der Waals surface area contributed by atoms with Crippen LogP contribution in [0.25, 0.3) is 10.9 Å². The Bertz CT molecular complexity index is 730. The first-order valence-corrected chi connectivity index (χ1v) is 6.41. The van der Waals surface area contributed by atoms with Gasteiger partial charge in [0.2, 0.25) is 5.91 Å². The lowest BCUT2D eigenvalue weighted by Crippen LogP contribution is -2.36. The van der Waals surface area contributed by atoms with E-state index < -0.39 is 0 Å². The number of nitrogens with one attached hydrogen (secondary N) is 2. The average Bonchev–Trinajstić information content (AvgIpc) is 2.33. The molecule has 2 N–H and O–H groups in total. The molecule has 1 aromatic carbocycles. The van der Waals surface area contributed by atoms with Crippen molar-refractivity contribution in [2.75, 3.05) is 0 Å². The number of benzene rings is 1. The number of rotatable bonds is 3. The molecule has 0 radical (unpaired) electrons. The van der Waals surface area contributed by atoms with Gasteiger partial charge in [0.15, 0.2) is 4.77 Å². The van der Waals surface area contributed by atoms with Crippen LogP contribution in [0.4, 0.5) is 0 Å². The second-order valence-corrected chi connectivity index (χ2v) is 4.98. The number of para-hydroxylation sites is 1. The Morgan fingerprint density at radius 3 is 2.79 bits per heavy atom. The minimum absolute atomic E-state index is 0.0289. The van der Waals surface area contributed by atoms with Crippen molar-refractivity contribution in [2.45, 2.75) is 26.4 Å². The summed E-state index contributed by atoms with van der Waals surface area (Å²) in [6.07, 6.45) is 0. The molecular formula is C13H15N3O2S. The summed E-state index contributed by atoms with van der Waals surface area (Å²) in [4.78, 5) is 27.0. The maximum Gasteiger partial charge on any atom is 0.262 e. The summed E-state index contributed by atoms with van der Waals surface area (Å²) in [7, 11) is 0. The molecule has 0 atom stereocenters. The average molecular weight is 277 g/mol. The molecule has 5 nitrogen and oxygen atoms in total. The molecule has 0 saturated carbocycles. The van der Waals surface area contributed by atoms with Crippen LogP contribution in [0.15, 0.2) is 29.1 Å². The Balaban J connectivity index is 2.47. The molecule has 0 aliphatic heterocycles. The van der Waals surface area contributed by atoms with Gasteiger partial charge in [-0.25, -0.2) is 0 Å². The van der Waals surface area contributed by atoms with E-state index in [1.54, 1.807) is 18.2 Å². The third-order valence-electron chi connectivity index (χ3n) is 2.64. The summed E-state index contributed by atoms with van der Waals surface area (Å²) < 4.78 is 1.53. The number of fused-ring (bicyclic) bond motifs is 1. The fourth-order valence-corrected chi connectivity index (χ4v) is 2.11. The quantitative estimate of drug-likeness (QED) is 0.837. The second kappa shape index (κ2) is 5.36. The van der Waals surface area contributed by atoms with Crippen LogP contribution in [-0.4, -0.2) is 21.5 Å². The molecule has 0 unspecified atom stereocenters. The molecule has 0 fully saturated rings. The smallest absolute Gasteiger partial charge is 0.262 e. The highest BCUT2D eigenvalue weighted by Gasteiger charge is 2.09. The van der Waals surface area contributed by atoms with Crippen molar-refractivity contribution in [3.8, 4) is 0 Å². The number of aromatic nitrogens is 2. The number of aromatic amines is 1. The molecular weight excluding hydrogens is 262 g/mol. The summed E-state index contributed by atoms with van der Waals surface area (Å²) in [5.74, 6) is -0.230. The van der Waals surface area contributed by atoms with E-state index in [1.165, 1.54) is 4.57 Å². The largest absolute Gasteiger partial charge is 0.352 e. The number of hydrogen-bond donors (Lipinski definition) is 2. The molecule has 0 saturated heterocycles. The minimum atomic E-state index is -0.252. The normalized spacial score (nSPS) is 10.9. The predicted molar refractivity (Wildman–Crippen MR) is 76.7 cm³/mol. The van der Waals surface area contributed by atoms with Gasteiger partial charge in [0.05, 0.1) is 10.9 Å². The lowest BCUT2D eigenvalue weighted by molar-refractivity contribution is -0.122. The van der Waals surface area contributed by atoms with Gasteiger partial charge in [-0.15, -0.1) is 0 Å². The van der Waals surface area contributed by atoms with Gasteiger partial charge in [-0.2, -0.15) is 0 Å². The molecule has 100 valence electrons. The number of nitrogens with zero attached hydrogens (tertiary/aromatic N) is 1. The fraction of sp³-hybridized carbons (Fsp3) is 0.308. The highest BCUT2D eigenvalue weighted by atomic mass is 32.1. The van der Waals surface area contributed by atoms with Gasteiger partial charge in [0.25, 0.3) is 5.56 Å². The lowest BCUT2D eigenvalue weighted by atomic mass is 10.2. The van der Waals surface area contributed by atoms with Gasteiger partial charge in [0, 0.05) is 6.04 Å². The molecule has 0 aliphatic carbocycles. The highest BCUT2D eigenvalue weighted by Crippen LogP contribution is 2.05. The third kappa shape index (κ3) is 2.90. The van der Waals surface area contributed by atoms with Crippen molar-refractivity contribution >= 4 is 29.0 Å². The van der Waals surface area contributed by atoms with Crippen molar-refractivity contribution in [1.82, 2.24) is 14.9 Å². The lowest BCUT2D eigenvalue weighted by Gasteiger charge is -2.10. The number of carbonyl (C=O) groups is 1. The first-order chi connectivity index (χ1) is 8.99. The number of amides is 1. The molecule has 0 aliphatic rings. The van der Waals surface area contributed by atoms with Crippen molar-refractivity contribution in [3.63, 3.8) is 0 Å². The number of carbonyl (C=O) groups excluding carboxylic acids is 1. The van der Waals surface area contributed by atoms with Gasteiger partial charge in [-0.3, -0.25) is 14.2 Å². The Morgan fingerprint density at radius 2 is 2.11 bits per heavy atom. The molecule has 1 aromatic heterocycles. The van der Waals surface area contributed by atoms with Crippen LogP contribution >= 0.6 is 12.2 Å². The molecule has 0 spiro atoms. The maximum atomic E-state index is 12.3. The van der Waals surface area contributed by atoms with E-state index in [0.29, 0.717) is 10.9 Å². The van der Waals surface area contributed by atoms with Crippen LogP contribution in [0.1, 0.15) is 13.8 Å². The predicted octanol–water partition coefficient (Wildman–Crippen LogP) is 1.58. The SMILES string of the molecule is CC(C)NC(=O)Cn1c(=S)[nH]c2ccccc2c1=O. The van der Waals surface area contributed by atoms with Crippen LogP contribution in [0.3, 0.4) is 0 Å². The van der Waals surface area contributed by atoms with Gasteiger partial charge in [0.1, 0.15) is 6.54 Å². The van der Waals surface area contributed by atoms with E-state index in [9.17, 15) is 9.59 Å². The summed E-state index contributed by atoms with van der Waals surface area (Å²) in [6.45, 7) is 3.65. The zero-order valence-electron chi connectivity index (χ0n) is 10.8. The van der Waals surface area contributed by atoms with Crippen molar-refractivity contribution in [3.05, 3.63) is 39.4 Å². The number of H-pyrrole nitrogens is 1. The maximum absolute atomic E-state index is 12.3.